The van der Waals surface area contributed by atoms with E-state index in [1.807, 2.05) is 6.07 Å². The molecule has 104 valence electrons. The molecule has 0 aliphatic carbocycles. The highest BCUT2D eigenvalue weighted by atomic mass is 35.5. The molecule has 0 atom stereocenters. The van der Waals surface area contributed by atoms with Crippen LogP contribution in [0.25, 0.3) is 0 Å². The average Bonchev–Trinajstić information content (AvgIpc) is 2.35. The maximum absolute atomic E-state index is 11.5. The fourth-order valence-corrected chi connectivity index (χ4v) is 1.64. The maximum atomic E-state index is 11.5. The molecule has 0 aliphatic rings. The average molecular weight is 286 g/mol. The third-order valence-corrected chi connectivity index (χ3v) is 2.74. The Morgan fingerprint density at radius 1 is 1.37 bits per heavy atom. The molecule has 0 saturated heterocycles. The number of carboxylic acid groups (broad SMARTS) is 1. The summed E-state index contributed by atoms with van der Waals surface area (Å²) in [6.45, 7) is 0.0700. The first kappa shape index (κ1) is 15.3. The molecule has 1 rings (SSSR count). The third kappa shape index (κ3) is 5.61. The highest BCUT2D eigenvalue weighted by Crippen LogP contribution is 2.23. The molecule has 1 aromatic rings. The van der Waals surface area contributed by atoms with Crippen LogP contribution < -0.4 is 4.74 Å². The molecule has 0 aliphatic heterocycles. The minimum absolute atomic E-state index is 0.217. The molecule has 0 spiro atoms. The summed E-state index contributed by atoms with van der Waals surface area (Å²) in [4.78, 5) is 23.1. The number of carboxylic acids is 1. The molecule has 5 nitrogen and oxygen atoms in total. The second-order valence-corrected chi connectivity index (χ2v) is 4.43. The van der Waals surface area contributed by atoms with E-state index in [1.54, 1.807) is 18.2 Å². The predicted molar refractivity (Wildman–Crippen MR) is 71.5 cm³/mol. The largest absolute Gasteiger partial charge is 0.492 e. The van der Waals surface area contributed by atoms with Crippen molar-refractivity contribution in [3.63, 3.8) is 0 Å². The van der Waals surface area contributed by atoms with Crippen molar-refractivity contribution in [1.82, 2.24) is 4.90 Å². The minimum Gasteiger partial charge on any atom is -0.492 e. The van der Waals surface area contributed by atoms with Crippen LogP contribution in [0.1, 0.15) is 12.8 Å². The van der Waals surface area contributed by atoms with E-state index in [0.717, 1.165) is 0 Å². The van der Waals surface area contributed by atoms with Gasteiger partial charge in [0.25, 0.3) is 0 Å². The monoisotopic (exact) mass is 285 g/mol. The second kappa shape index (κ2) is 7.63. The topological polar surface area (TPSA) is 66.8 Å². The summed E-state index contributed by atoms with van der Waals surface area (Å²) in [6.07, 6.45) is 0.752. The quantitative estimate of drug-likeness (QED) is 0.779. The van der Waals surface area contributed by atoms with Crippen LogP contribution >= 0.6 is 11.6 Å². The highest BCUT2D eigenvalue weighted by molar-refractivity contribution is 6.32. The van der Waals surface area contributed by atoms with Gasteiger partial charge in [-0.2, -0.15) is 0 Å². The number of halogens is 1. The SMILES string of the molecule is CN(CC(=O)O)C(=O)CCCOc1ccccc1Cl. The van der Waals surface area contributed by atoms with Gasteiger partial charge in [-0.05, 0) is 18.6 Å². The van der Waals surface area contributed by atoms with E-state index in [-0.39, 0.29) is 18.9 Å². The molecule has 6 heteroatoms. The first-order chi connectivity index (χ1) is 9.00. The van der Waals surface area contributed by atoms with Crippen molar-refractivity contribution in [2.75, 3.05) is 20.2 Å². The zero-order valence-electron chi connectivity index (χ0n) is 10.6. The number of likely N-dealkylation sites (N-methyl/N-ethyl adjacent to an activating group) is 1. The van der Waals surface area contributed by atoms with Gasteiger partial charge in [-0.3, -0.25) is 9.59 Å². The molecule has 0 heterocycles. The van der Waals surface area contributed by atoms with Gasteiger partial charge >= 0.3 is 5.97 Å². The van der Waals surface area contributed by atoms with Crippen molar-refractivity contribution in [3.05, 3.63) is 29.3 Å². The van der Waals surface area contributed by atoms with Crippen molar-refractivity contribution in [2.24, 2.45) is 0 Å². The van der Waals surface area contributed by atoms with Crippen molar-refractivity contribution in [1.29, 1.82) is 0 Å². The van der Waals surface area contributed by atoms with E-state index in [2.05, 4.69) is 0 Å². The van der Waals surface area contributed by atoms with Gasteiger partial charge in [-0.25, -0.2) is 0 Å². The fourth-order valence-electron chi connectivity index (χ4n) is 1.45. The van der Waals surface area contributed by atoms with E-state index in [0.29, 0.717) is 23.8 Å². The number of hydrogen-bond donors (Lipinski definition) is 1. The van der Waals surface area contributed by atoms with Gasteiger partial charge in [0.2, 0.25) is 5.91 Å². The van der Waals surface area contributed by atoms with Gasteiger partial charge in [0.15, 0.2) is 0 Å². The Morgan fingerprint density at radius 2 is 2.05 bits per heavy atom. The molecular weight excluding hydrogens is 270 g/mol. The number of para-hydroxylation sites is 1. The number of carbonyl (C=O) groups excluding carboxylic acids is 1. The summed E-state index contributed by atoms with van der Waals surface area (Å²) in [5.41, 5.74) is 0. The number of ether oxygens (including phenoxy) is 1. The standard InChI is InChI=1S/C13H16ClNO4/c1-15(9-13(17)18)12(16)7-4-8-19-11-6-3-2-5-10(11)14/h2-3,5-6H,4,7-9H2,1H3,(H,17,18). The lowest BCUT2D eigenvalue weighted by Crippen LogP contribution is -2.31. The zero-order chi connectivity index (χ0) is 14.3. The molecule has 0 bridgehead atoms. The molecular formula is C13H16ClNO4. The molecule has 0 saturated carbocycles. The molecule has 0 radical (unpaired) electrons. The van der Waals surface area contributed by atoms with E-state index < -0.39 is 5.97 Å². The summed E-state index contributed by atoms with van der Waals surface area (Å²) >= 11 is 5.91. The second-order valence-electron chi connectivity index (χ2n) is 4.03. The van der Waals surface area contributed by atoms with Crippen LogP contribution in [0, 0.1) is 0 Å². The lowest BCUT2D eigenvalue weighted by molar-refractivity contribution is -0.143. The molecule has 0 unspecified atom stereocenters. The van der Waals surface area contributed by atoms with E-state index >= 15 is 0 Å². The summed E-state index contributed by atoms with van der Waals surface area (Å²) in [7, 11) is 1.46. The molecule has 19 heavy (non-hydrogen) atoms. The van der Waals surface area contributed by atoms with Crippen molar-refractivity contribution < 1.29 is 19.4 Å². The normalized spacial score (nSPS) is 10.0. The van der Waals surface area contributed by atoms with Crippen LogP contribution in [0.3, 0.4) is 0 Å². The number of amides is 1. The lowest BCUT2D eigenvalue weighted by atomic mass is 10.3. The summed E-state index contributed by atoms with van der Waals surface area (Å²) < 4.78 is 5.43. The van der Waals surface area contributed by atoms with Crippen molar-refractivity contribution in [3.8, 4) is 5.75 Å². The number of aliphatic carboxylic acids is 1. The number of hydrogen-bond acceptors (Lipinski definition) is 3. The number of benzene rings is 1. The molecule has 1 amide bonds. The first-order valence-electron chi connectivity index (χ1n) is 5.84. The van der Waals surface area contributed by atoms with Crippen LogP contribution in [0.2, 0.25) is 5.02 Å². The molecule has 1 N–H and O–H groups in total. The maximum Gasteiger partial charge on any atom is 0.323 e. The van der Waals surface area contributed by atoms with E-state index in [1.165, 1.54) is 11.9 Å². The molecule has 1 aromatic carbocycles. The van der Waals surface area contributed by atoms with Gasteiger partial charge < -0.3 is 14.7 Å². The van der Waals surface area contributed by atoms with Crippen molar-refractivity contribution in [2.45, 2.75) is 12.8 Å². The van der Waals surface area contributed by atoms with E-state index in [9.17, 15) is 9.59 Å². The van der Waals surface area contributed by atoms with Crippen LogP contribution in [-0.4, -0.2) is 42.1 Å². The van der Waals surface area contributed by atoms with Crippen LogP contribution in [0.15, 0.2) is 24.3 Å². The Hall–Kier alpha value is -1.75. The number of rotatable bonds is 7. The Labute approximate surface area is 116 Å². The minimum atomic E-state index is -1.02. The van der Waals surface area contributed by atoms with Gasteiger partial charge in [0, 0.05) is 13.5 Å². The summed E-state index contributed by atoms with van der Waals surface area (Å²) in [6, 6.07) is 7.09. The van der Waals surface area contributed by atoms with Gasteiger partial charge in [0.1, 0.15) is 12.3 Å². The Kier molecular flexibility index (Phi) is 6.15. The van der Waals surface area contributed by atoms with Gasteiger partial charge in [-0.15, -0.1) is 0 Å². The zero-order valence-corrected chi connectivity index (χ0v) is 11.4. The van der Waals surface area contributed by atoms with E-state index in [4.69, 9.17) is 21.4 Å². The highest BCUT2D eigenvalue weighted by Gasteiger charge is 2.11. The first-order valence-corrected chi connectivity index (χ1v) is 6.21. The summed E-state index contributed by atoms with van der Waals surface area (Å²) in [5, 5.41) is 9.08. The van der Waals surface area contributed by atoms with Crippen LogP contribution in [-0.2, 0) is 9.59 Å². The molecule has 0 aromatic heterocycles. The third-order valence-electron chi connectivity index (χ3n) is 2.43. The van der Waals surface area contributed by atoms with Gasteiger partial charge in [0.05, 0.1) is 11.6 Å². The molecule has 0 fully saturated rings. The van der Waals surface area contributed by atoms with Gasteiger partial charge in [-0.1, -0.05) is 23.7 Å². The fraction of sp³-hybridized carbons (Fsp3) is 0.385. The predicted octanol–water partition coefficient (Wildman–Crippen LogP) is 2.04. The number of carbonyl (C=O) groups is 2. The Bertz CT molecular complexity index is 450. The number of nitrogens with zero attached hydrogens (tertiary/aromatic N) is 1. The van der Waals surface area contributed by atoms with Crippen molar-refractivity contribution >= 4 is 23.5 Å². The smallest absolute Gasteiger partial charge is 0.323 e. The summed E-state index contributed by atoms with van der Waals surface area (Å²) in [5.74, 6) is -0.663. The van der Waals surface area contributed by atoms with Crippen LogP contribution in [0.5, 0.6) is 5.75 Å². The Morgan fingerprint density at radius 3 is 2.68 bits per heavy atom. The Balaban J connectivity index is 2.26. The van der Waals surface area contributed by atoms with Crippen LogP contribution in [0.4, 0.5) is 0 Å². The lowest BCUT2D eigenvalue weighted by Gasteiger charge is -2.14.